The molecule has 34 heavy (non-hydrogen) atoms. The summed E-state index contributed by atoms with van der Waals surface area (Å²) in [5.74, 6) is 1.66. The maximum absolute atomic E-state index is 12.9. The summed E-state index contributed by atoms with van der Waals surface area (Å²) in [7, 11) is 0. The van der Waals surface area contributed by atoms with Crippen molar-refractivity contribution in [3.63, 3.8) is 0 Å². The number of likely N-dealkylation sites (tertiary alicyclic amines) is 2. The quantitative estimate of drug-likeness (QED) is 0.439. The molecule has 5 heteroatoms. The summed E-state index contributed by atoms with van der Waals surface area (Å²) in [5, 5.41) is 0. The Labute approximate surface area is 205 Å². The number of ketones is 1. The van der Waals surface area contributed by atoms with Gasteiger partial charge in [0.2, 0.25) is 0 Å². The van der Waals surface area contributed by atoms with Crippen LogP contribution in [0.1, 0.15) is 67.3 Å². The molecule has 2 saturated heterocycles. The van der Waals surface area contributed by atoms with E-state index in [4.69, 9.17) is 9.47 Å². The van der Waals surface area contributed by atoms with E-state index in [1.807, 2.05) is 48.5 Å². The highest BCUT2D eigenvalue weighted by molar-refractivity contribution is 6.09. The Kier molecular flexibility index (Phi) is 9.83. The van der Waals surface area contributed by atoms with Crippen molar-refractivity contribution in [2.75, 3.05) is 52.5 Å². The molecule has 2 aromatic rings. The molecule has 0 radical (unpaired) electrons. The molecule has 0 unspecified atom stereocenters. The summed E-state index contributed by atoms with van der Waals surface area (Å²) in [6.07, 6.45) is 10.6. The second-order valence-electron chi connectivity index (χ2n) is 9.59. The molecule has 2 aromatic carbocycles. The van der Waals surface area contributed by atoms with Crippen molar-refractivity contribution < 1.29 is 14.3 Å². The van der Waals surface area contributed by atoms with E-state index in [2.05, 4.69) is 9.80 Å². The van der Waals surface area contributed by atoms with Crippen LogP contribution in [0.25, 0.3) is 0 Å². The van der Waals surface area contributed by atoms with Gasteiger partial charge in [0.15, 0.2) is 5.78 Å². The lowest BCUT2D eigenvalue weighted by Crippen LogP contribution is -2.29. The average molecular weight is 465 g/mol. The maximum atomic E-state index is 12.9. The number of rotatable bonds is 10. The van der Waals surface area contributed by atoms with Crippen LogP contribution in [-0.4, -0.2) is 68.1 Å². The van der Waals surface area contributed by atoms with Crippen molar-refractivity contribution in [3.05, 3.63) is 59.7 Å². The summed E-state index contributed by atoms with van der Waals surface area (Å²) in [4.78, 5) is 17.9. The molecule has 0 N–H and O–H groups in total. The number of ether oxygens (including phenoxy) is 2. The van der Waals surface area contributed by atoms with Crippen LogP contribution in [0.2, 0.25) is 0 Å². The van der Waals surface area contributed by atoms with Gasteiger partial charge >= 0.3 is 0 Å². The third-order valence-electron chi connectivity index (χ3n) is 6.98. The van der Waals surface area contributed by atoms with Gasteiger partial charge in [-0.1, -0.05) is 25.7 Å². The minimum atomic E-state index is 0.0206. The van der Waals surface area contributed by atoms with E-state index in [-0.39, 0.29) is 5.78 Å². The molecule has 0 amide bonds. The van der Waals surface area contributed by atoms with Gasteiger partial charge in [-0.3, -0.25) is 14.6 Å². The number of carbonyl (C=O) groups is 1. The van der Waals surface area contributed by atoms with E-state index in [1.54, 1.807) is 0 Å². The van der Waals surface area contributed by atoms with Gasteiger partial charge in [-0.15, -0.1) is 0 Å². The van der Waals surface area contributed by atoms with Gasteiger partial charge in [0, 0.05) is 24.2 Å². The first-order valence-electron chi connectivity index (χ1n) is 13.2. The lowest BCUT2D eigenvalue weighted by Gasteiger charge is -2.19. The van der Waals surface area contributed by atoms with Crippen LogP contribution in [0.4, 0.5) is 0 Å². The van der Waals surface area contributed by atoms with Gasteiger partial charge in [-0.05, 0) is 100 Å². The fraction of sp³-hybridized carbons (Fsp3) is 0.552. The Morgan fingerprint density at radius 2 is 0.912 bits per heavy atom. The van der Waals surface area contributed by atoms with E-state index >= 15 is 0 Å². The molecular weight excluding hydrogens is 424 g/mol. The van der Waals surface area contributed by atoms with Crippen LogP contribution >= 0.6 is 0 Å². The van der Waals surface area contributed by atoms with Crippen LogP contribution < -0.4 is 9.47 Å². The van der Waals surface area contributed by atoms with Crippen molar-refractivity contribution in [1.82, 2.24) is 9.80 Å². The Bertz CT molecular complexity index is 778. The molecule has 0 aliphatic carbocycles. The average Bonchev–Trinajstić information content (AvgIpc) is 3.30. The number of nitrogens with zero attached hydrogens (tertiary/aromatic N) is 2. The molecule has 2 aliphatic rings. The fourth-order valence-corrected chi connectivity index (χ4v) is 4.88. The van der Waals surface area contributed by atoms with Crippen LogP contribution in [0, 0.1) is 0 Å². The molecule has 184 valence electrons. The number of hydrogen-bond donors (Lipinski definition) is 0. The molecule has 0 spiro atoms. The summed E-state index contributed by atoms with van der Waals surface area (Å²) < 4.78 is 11.8. The third-order valence-corrected chi connectivity index (χ3v) is 6.98. The molecule has 0 bridgehead atoms. The number of hydrogen-bond acceptors (Lipinski definition) is 5. The highest BCUT2D eigenvalue weighted by atomic mass is 16.5. The van der Waals surface area contributed by atoms with Gasteiger partial charge in [-0.25, -0.2) is 0 Å². The van der Waals surface area contributed by atoms with E-state index in [1.165, 1.54) is 77.5 Å². The normalized spacial score (nSPS) is 18.1. The van der Waals surface area contributed by atoms with Gasteiger partial charge in [-0.2, -0.15) is 0 Å². The zero-order valence-corrected chi connectivity index (χ0v) is 20.6. The number of carbonyl (C=O) groups excluding carboxylic acids is 1. The summed E-state index contributed by atoms with van der Waals surface area (Å²) in [6.45, 7) is 8.02. The van der Waals surface area contributed by atoms with Crippen molar-refractivity contribution >= 4 is 5.78 Å². The summed E-state index contributed by atoms with van der Waals surface area (Å²) >= 11 is 0. The minimum Gasteiger partial charge on any atom is -0.492 e. The van der Waals surface area contributed by atoms with Crippen molar-refractivity contribution in [2.45, 2.75) is 51.4 Å². The zero-order valence-electron chi connectivity index (χ0n) is 20.6. The maximum Gasteiger partial charge on any atom is 0.193 e. The van der Waals surface area contributed by atoms with Gasteiger partial charge in [0.25, 0.3) is 0 Å². The minimum absolute atomic E-state index is 0.0206. The van der Waals surface area contributed by atoms with Crippen LogP contribution in [0.3, 0.4) is 0 Å². The first-order valence-corrected chi connectivity index (χ1v) is 13.2. The lowest BCUT2D eigenvalue weighted by molar-refractivity contribution is 0.103. The van der Waals surface area contributed by atoms with E-state index in [9.17, 15) is 4.79 Å². The Morgan fingerprint density at radius 1 is 0.559 bits per heavy atom. The van der Waals surface area contributed by atoms with Crippen molar-refractivity contribution in [3.8, 4) is 11.5 Å². The molecule has 0 saturated carbocycles. The third kappa shape index (κ3) is 7.85. The molecule has 2 heterocycles. The Morgan fingerprint density at radius 3 is 1.26 bits per heavy atom. The topological polar surface area (TPSA) is 42.0 Å². The lowest BCUT2D eigenvalue weighted by atomic mass is 10.0. The highest BCUT2D eigenvalue weighted by Gasteiger charge is 2.12. The zero-order chi connectivity index (χ0) is 23.4. The monoisotopic (exact) mass is 464 g/mol. The molecule has 0 atom stereocenters. The smallest absolute Gasteiger partial charge is 0.193 e. The van der Waals surface area contributed by atoms with E-state index < -0.39 is 0 Å². The van der Waals surface area contributed by atoms with E-state index in [0.29, 0.717) is 24.3 Å². The fourth-order valence-electron chi connectivity index (χ4n) is 4.88. The van der Waals surface area contributed by atoms with Gasteiger partial charge in [0.05, 0.1) is 0 Å². The SMILES string of the molecule is O=C(c1ccc(OCCN2CCCCCC2)cc1)c1ccc(OCCN2CCCCCC2)cc1. The van der Waals surface area contributed by atoms with Crippen LogP contribution in [-0.2, 0) is 0 Å². The van der Waals surface area contributed by atoms with E-state index in [0.717, 1.165) is 24.6 Å². The first kappa shape index (κ1) is 24.7. The molecular formula is C29H40N2O3. The predicted molar refractivity (Wildman–Crippen MR) is 137 cm³/mol. The predicted octanol–water partition coefficient (Wildman–Crippen LogP) is 5.43. The highest BCUT2D eigenvalue weighted by Crippen LogP contribution is 2.19. The molecule has 0 aromatic heterocycles. The summed E-state index contributed by atoms with van der Waals surface area (Å²) in [5.41, 5.74) is 1.35. The molecule has 2 aliphatic heterocycles. The molecule has 5 nitrogen and oxygen atoms in total. The largest absolute Gasteiger partial charge is 0.492 e. The Balaban J connectivity index is 1.20. The van der Waals surface area contributed by atoms with Gasteiger partial charge in [0.1, 0.15) is 24.7 Å². The second kappa shape index (κ2) is 13.5. The second-order valence-corrected chi connectivity index (χ2v) is 9.59. The molecule has 4 rings (SSSR count). The van der Waals surface area contributed by atoms with Crippen molar-refractivity contribution in [1.29, 1.82) is 0 Å². The van der Waals surface area contributed by atoms with Gasteiger partial charge < -0.3 is 9.47 Å². The first-order chi connectivity index (χ1) is 16.8. The standard InChI is InChI=1S/C29H40N2O3/c32-29(25-9-13-27(14-10-25)33-23-21-30-17-5-1-2-6-18-30)26-11-15-28(16-12-26)34-24-22-31-19-7-3-4-8-20-31/h9-16H,1-8,17-24H2. The molecule has 2 fully saturated rings. The van der Waals surface area contributed by atoms with Crippen molar-refractivity contribution in [2.24, 2.45) is 0 Å². The number of benzene rings is 2. The summed E-state index contributed by atoms with van der Waals surface area (Å²) in [6, 6.07) is 15.0. The van der Waals surface area contributed by atoms with Crippen LogP contribution in [0.5, 0.6) is 11.5 Å². The Hall–Kier alpha value is -2.37. The van der Waals surface area contributed by atoms with Crippen LogP contribution in [0.15, 0.2) is 48.5 Å².